The zero-order valence-electron chi connectivity index (χ0n) is 70.1. The molecule has 0 aromatic rings. The average Bonchev–Trinajstić information content (AvgIpc) is 1.25. The van der Waals surface area contributed by atoms with Crippen LogP contribution >= 0.6 is 0 Å². The molecule has 6 bridgehead atoms. The lowest BCUT2D eigenvalue weighted by atomic mass is 9.43. The van der Waals surface area contributed by atoms with Crippen LogP contribution < -0.4 is 0 Å². The largest absolute Gasteiger partial charge is 0.509 e. The minimum Gasteiger partial charge on any atom is -0.456 e. The number of ketones is 3. The van der Waals surface area contributed by atoms with E-state index in [-0.39, 0.29) is 85.8 Å². The van der Waals surface area contributed by atoms with Crippen LogP contribution in [0.1, 0.15) is 210 Å². The van der Waals surface area contributed by atoms with Crippen molar-refractivity contribution >= 4 is 60.6 Å². The van der Waals surface area contributed by atoms with Crippen LogP contribution in [0.25, 0.3) is 0 Å². The van der Waals surface area contributed by atoms with Crippen molar-refractivity contribution in [1.29, 1.82) is 0 Å². The minimum absolute atomic E-state index is 0.000459. The number of hydrogen-bond donors (Lipinski definition) is 7. The summed E-state index contributed by atoms with van der Waals surface area (Å²) in [7, 11) is -6.07. The summed E-state index contributed by atoms with van der Waals surface area (Å²) in [5.41, 5.74) is -8.67. The highest BCUT2D eigenvalue weighted by Crippen LogP contribution is 2.71. The van der Waals surface area contributed by atoms with Gasteiger partial charge in [-0.3, -0.25) is 19.2 Å². The average molecular weight is 1540 g/mol. The fraction of sp³-hybridized carbons (Fsp3) is 0.854. The molecule has 7 N–H and O–H groups in total. The molecule has 6 saturated carbocycles. The molecule has 602 valence electrons. The number of carbonyl (C=O) groups excluding carboxylic acids is 6. The van der Waals surface area contributed by atoms with Gasteiger partial charge in [0.25, 0.3) is 0 Å². The van der Waals surface area contributed by atoms with Gasteiger partial charge in [0.2, 0.25) is 0 Å². The quantitative estimate of drug-likeness (QED) is 0.0462. The molecular weight excluding hydrogens is 1410 g/mol. The molecule has 27 atom stereocenters. The van der Waals surface area contributed by atoms with E-state index in [1.165, 1.54) is 6.92 Å². The van der Waals surface area contributed by atoms with E-state index in [9.17, 15) is 64.5 Å². The van der Waals surface area contributed by atoms with Gasteiger partial charge in [-0.05, 0) is 169 Å². The fourth-order valence-corrected chi connectivity index (χ4v) is 28.0. The van der Waals surface area contributed by atoms with Crippen molar-refractivity contribution in [1.82, 2.24) is 0 Å². The molecule has 2 spiro atoms. The molecule has 2 aliphatic heterocycles. The first kappa shape index (κ1) is 86.5. The molecule has 0 amide bonds. The number of carbonyl (C=O) groups is 6. The maximum atomic E-state index is 14.8. The van der Waals surface area contributed by atoms with Crippen molar-refractivity contribution in [2.24, 2.45) is 85.8 Å². The summed E-state index contributed by atoms with van der Waals surface area (Å²) in [6, 6.07) is 0. The van der Waals surface area contributed by atoms with Crippen molar-refractivity contribution in [2.45, 2.75) is 358 Å². The van der Waals surface area contributed by atoms with E-state index in [1.807, 2.05) is 138 Å². The number of esters is 1. The first-order valence-electron chi connectivity index (χ1n) is 39.7. The van der Waals surface area contributed by atoms with E-state index in [1.54, 1.807) is 6.92 Å². The molecule has 0 aromatic carbocycles. The van der Waals surface area contributed by atoms with Crippen LogP contribution in [0.5, 0.6) is 0 Å². The Morgan fingerprint density at radius 2 is 0.755 bits per heavy atom. The Bertz CT molecular complexity index is 3620. The van der Waals surface area contributed by atoms with Crippen LogP contribution in [0.2, 0.25) is 58.9 Å². The lowest BCUT2D eigenvalue weighted by Gasteiger charge is -2.65. The molecule has 21 nitrogen and oxygen atoms in total. The Morgan fingerprint density at radius 3 is 1.08 bits per heavy atom. The van der Waals surface area contributed by atoms with Crippen molar-refractivity contribution in [3.05, 3.63) is 33.4 Å². The van der Waals surface area contributed by atoms with Gasteiger partial charge in [-0.15, -0.1) is 0 Å². The standard InChI is InChI=1S/C29H46O8Si.C27H44O7Si.C26H46O6Si/c1-12-28(35-18(5)30)20(31)13-15(2)27(8)22(28)24-29(36-25(33)34-24)14-19(37-38(9,10)11)16(3)21(26(29,6)7)17(4)23(27)32;1-11-26(31)18(28)12-14(2)25(7)20(26)22-27(33-23(30)32-22)13-17(34-35(8,9)10)15(3)19(24(27,5)6)16(4)21(25)29;1-11-25(30)18(27)12-14(2)24(7)20(25)22(29)26(31)13-17(32-33(8,9)10)15(3)19(23(26,5)6)16(4)21(24)28/h15,17,19-20,22,24,31H,12-14H2,1-11H3;14,16-18,20,22,28,31H,11-13H2,1-10H3;14,16-18,20,22,27,29-31H,11-13H2,1-10H3/t15-,17+,19-,20+,22-,24-,27+,28-,29+;14-,16+,17-,18+,20-,22-,25+,26-,27+;14-,16+,17-,18+,20-,22-,24+,25-,26+/m000/s1. The molecule has 11 aliphatic rings. The normalized spacial score (nSPS) is 46.5. The van der Waals surface area contributed by atoms with Crippen LogP contribution in [-0.2, 0) is 56.1 Å². The predicted octanol–water partition coefficient (Wildman–Crippen LogP) is 13.2. The highest BCUT2D eigenvalue weighted by molar-refractivity contribution is 6.70. The smallest absolute Gasteiger partial charge is 0.456 e. The topological polar surface area (TPSA) is 318 Å². The van der Waals surface area contributed by atoms with Gasteiger partial charge in [0, 0.05) is 88.3 Å². The highest BCUT2D eigenvalue weighted by Gasteiger charge is 2.80. The predicted molar refractivity (Wildman–Crippen MR) is 409 cm³/mol. The molecule has 0 radical (unpaired) electrons. The van der Waals surface area contributed by atoms with Crippen molar-refractivity contribution in [2.75, 3.05) is 0 Å². The Morgan fingerprint density at radius 1 is 0.453 bits per heavy atom. The van der Waals surface area contributed by atoms with E-state index < -0.39 is 188 Å². The summed E-state index contributed by atoms with van der Waals surface area (Å²) < 4.78 is 50.4. The van der Waals surface area contributed by atoms with E-state index in [0.29, 0.717) is 19.3 Å². The Balaban J connectivity index is 0.000000184. The Labute approximate surface area is 635 Å². The molecular formula is C82H136O21Si3. The molecule has 11 rings (SSSR count). The minimum atomic E-state index is -2.05. The molecule has 24 heteroatoms. The third-order valence-corrected chi connectivity index (χ3v) is 33.3. The van der Waals surface area contributed by atoms with Gasteiger partial charge in [0.1, 0.15) is 28.6 Å². The summed E-state index contributed by atoms with van der Waals surface area (Å²) in [5.74, 6) is -5.50. The second-order valence-corrected chi connectivity index (χ2v) is 53.3. The molecule has 106 heavy (non-hydrogen) atoms. The number of hydrogen-bond acceptors (Lipinski definition) is 21. The summed E-state index contributed by atoms with van der Waals surface area (Å²) >= 11 is 0. The van der Waals surface area contributed by atoms with Crippen LogP contribution in [0.3, 0.4) is 0 Å². The lowest BCUT2D eigenvalue weighted by molar-refractivity contribution is -0.270. The van der Waals surface area contributed by atoms with Gasteiger partial charge in [-0.1, -0.05) is 125 Å². The third kappa shape index (κ3) is 12.4. The Kier molecular flexibility index (Phi) is 22.3. The first-order valence-corrected chi connectivity index (χ1v) is 49.9. The van der Waals surface area contributed by atoms with E-state index >= 15 is 0 Å². The van der Waals surface area contributed by atoms with Crippen LogP contribution in [0.15, 0.2) is 33.4 Å². The van der Waals surface area contributed by atoms with Crippen LogP contribution in [-0.4, -0.2) is 185 Å². The summed E-state index contributed by atoms with van der Waals surface area (Å²) in [4.78, 5) is 82.3. The second-order valence-electron chi connectivity index (χ2n) is 40.0. The van der Waals surface area contributed by atoms with Crippen LogP contribution in [0, 0.1) is 85.8 Å². The number of ether oxygens (including phenoxy) is 5. The molecule has 0 unspecified atom stereocenters. The van der Waals surface area contributed by atoms with Gasteiger partial charge in [-0.25, -0.2) is 9.59 Å². The van der Waals surface area contributed by atoms with E-state index in [4.69, 9.17) is 37.0 Å². The lowest BCUT2D eigenvalue weighted by Crippen LogP contribution is -2.74. The number of fused-ring (bicyclic) bond motifs is 9. The number of Topliss-reactive ketones (excluding diaryl/α,β-unsaturated/α-hetero) is 3. The molecule has 2 heterocycles. The Hall–Kier alpha value is -3.51. The number of aliphatic hydroxyl groups excluding tert-OH is 4. The van der Waals surface area contributed by atoms with Crippen LogP contribution in [0.4, 0.5) is 9.59 Å². The second kappa shape index (κ2) is 27.4. The van der Waals surface area contributed by atoms with Crippen molar-refractivity contribution in [3.63, 3.8) is 0 Å². The summed E-state index contributed by atoms with van der Waals surface area (Å²) in [6.45, 7) is 60.8. The molecule has 8 fully saturated rings. The summed E-state index contributed by atoms with van der Waals surface area (Å²) in [5, 5.41) is 82.1. The van der Waals surface area contributed by atoms with Gasteiger partial charge < -0.3 is 72.7 Å². The monoisotopic (exact) mass is 1540 g/mol. The van der Waals surface area contributed by atoms with Crippen molar-refractivity contribution < 1.29 is 101 Å². The zero-order chi connectivity index (χ0) is 80.8. The maximum absolute atomic E-state index is 14.8. The molecule has 9 aliphatic carbocycles. The number of rotatable bonds is 10. The van der Waals surface area contributed by atoms with E-state index in [0.717, 1.165) is 33.4 Å². The van der Waals surface area contributed by atoms with E-state index in [2.05, 4.69) is 58.9 Å². The maximum Gasteiger partial charge on any atom is 0.509 e. The van der Waals surface area contributed by atoms with Gasteiger partial charge in [0.15, 0.2) is 48.4 Å². The highest BCUT2D eigenvalue weighted by atomic mass is 28.4. The SMILES string of the molecule is CC[C@]1(O)[C@H](O)C[C@H](C)[C@@]2(C)C(=O)[C@H](C)C3=C(C)[C@@H](O[Si](C)(C)C)C[C@@](O)([C@@H](O)[C@H]12)C3(C)C.CC[C@]1(O)[C@H](O)C[C@H](C)[C@@]2(C)C(=O)[C@H](C)C3=C(C)[C@@H](O[Si](C)(C)C)C[C@]4(OC(=O)O[C@H]4[C@H]12)C3(C)C.CC[C@]1(OC(C)=O)[C@H](O)C[C@H](C)[C@@]2(C)C(=O)[C@H](C)C3=C(C)[C@@H](O[Si](C)(C)C)C[C@]4(OC(=O)O[C@H]4[C@H]12)C3(C)C. The van der Waals surface area contributed by atoms with Crippen molar-refractivity contribution in [3.8, 4) is 0 Å². The number of aliphatic hydroxyl groups is 7. The third-order valence-electron chi connectivity index (χ3n) is 30.4. The molecule has 0 aromatic heterocycles. The zero-order valence-corrected chi connectivity index (χ0v) is 73.1. The van der Waals surface area contributed by atoms with Gasteiger partial charge in [-0.2, -0.15) is 0 Å². The first-order chi connectivity index (χ1) is 48.0. The molecule has 2 saturated heterocycles. The van der Waals surface area contributed by atoms with Gasteiger partial charge >= 0.3 is 18.3 Å². The van der Waals surface area contributed by atoms with Gasteiger partial charge in [0.05, 0.1) is 59.8 Å². The fourth-order valence-electron chi connectivity index (χ4n) is 24.6. The summed E-state index contributed by atoms with van der Waals surface area (Å²) in [6.07, 6.45) is -6.75.